The van der Waals surface area contributed by atoms with Gasteiger partial charge in [0.2, 0.25) is 0 Å². The first kappa shape index (κ1) is 15.5. The highest BCUT2D eigenvalue weighted by Crippen LogP contribution is 2.24. The van der Waals surface area contributed by atoms with E-state index in [1.165, 1.54) is 6.21 Å². The summed E-state index contributed by atoms with van der Waals surface area (Å²) in [5, 5.41) is 13.8. The van der Waals surface area contributed by atoms with E-state index in [2.05, 4.69) is 30.6 Å². The van der Waals surface area contributed by atoms with Crippen molar-refractivity contribution in [2.45, 2.75) is 6.92 Å². The van der Waals surface area contributed by atoms with Gasteiger partial charge in [0.15, 0.2) is 0 Å². The summed E-state index contributed by atoms with van der Waals surface area (Å²) in [5.74, 6) is 1.44. The van der Waals surface area contributed by atoms with Crippen LogP contribution in [-0.4, -0.2) is 33.2 Å². The van der Waals surface area contributed by atoms with Crippen LogP contribution in [0.2, 0.25) is 0 Å². The fourth-order valence-electron chi connectivity index (χ4n) is 2.20. The van der Waals surface area contributed by atoms with Gasteiger partial charge in [-0.2, -0.15) is 0 Å². The summed E-state index contributed by atoms with van der Waals surface area (Å²) in [5.41, 5.74) is 3.59. The van der Waals surface area contributed by atoms with Gasteiger partial charge in [0.25, 0.3) is 0 Å². The molecule has 0 bridgehead atoms. The van der Waals surface area contributed by atoms with E-state index in [0.717, 1.165) is 17.2 Å². The number of rotatable bonds is 5. The molecule has 3 aromatic rings. The van der Waals surface area contributed by atoms with Gasteiger partial charge in [0.05, 0.1) is 23.3 Å². The van der Waals surface area contributed by atoms with Gasteiger partial charge in [-0.1, -0.05) is 6.07 Å². The second-order valence-corrected chi connectivity index (χ2v) is 5.13. The van der Waals surface area contributed by atoms with E-state index in [9.17, 15) is 0 Å². The smallest absolute Gasteiger partial charge is 0.132 e. The summed E-state index contributed by atoms with van der Waals surface area (Å²) in [6.07, 6.45) is 6.25. The Bertz CT molecular complexity index is 876. The maximum absolute atomic E-state index is 7.57. The molecule has 0 saturated carbocycles. The third-order valence-electron chi connectivity index (χ3n) is 3.38. The van der Waals surface area contributed by atoms with Crippen molar-refractivity contribution in [2.75, 3.05) is 17.7 Å². The first-order valence-corrected chi connectivity index (χ1v) is 7.41. The molecular formula is C17H17N7. The molecule has 3 heterocycles. The molecule has 0 spiro atoms. The summed E-state index contributed by atoms with van der Waals surface area (Å²) in [6.45, 7) is 1.88. The van der Waals surface area contributed by atoms with E-state index in [0.29, 0.717) is 22.8 Å². The predicted molar refractivity (Wildman–Crippen MR) is 95.0 cm³/mol. The van der Waals surface area contributed by atoms with E-state index < -0.39 is 0 Å². The lowest BCUT2D eigenvalue weighted by molar-refractivity contribution is 1.11. The van der Waals surface area contributed by atoms with Crippen LogP contribution in [0.4, 0.5) is 17.3 Å². The fraction of sp³-hybridized carbons (Fsp3) is 0.118. The van der Waals surface area contributed by atoms with E-state index in [1.54, 1.807) is 18.6 Å². The molecule has 3 N–H and O–H groups in total. The van der Waals surface area contributed by atoms with E-state index in [-0.39, 0.29) is 0 Å². The van der Waals surface area contributed by atoms with Crippen LogP contribution in [0.1, 0.15) is 11.3 Å². The minimum absolute atomic E-state index is 0.663. The lowest BCUT2D eigenvalue weighted by atomic mass is 10.2. The largest absolute Gasteiger partial charge is 0.373 e. The molecule has 0 amide bonds. The van der Waals surface area contributed by atoms with Crippen molar-refractivity contribution in [3.63, 3.8) is 0 Å². The molecule has 0 fully saturated rings. The summed E-state index contributed by atoms with van der Waals surface area (Å²) in [4.78, 5) is 17.4. The highest BCUT2D eigenvalue weighted by molar-refractivity contribution is 5.88. The zero-order chi connectivity index (χ0) is 16.9. The van der Waals surface area contributed by atoms with Gasteiger partial charge >= 0.3 is 0 Å². The average Bonchev–Trinajstić information content (AvgIpc) is 2.62. The third-order valence-corrected chi connectivity index (χ3v) is 3.38. The zero-order valence-corrected chi connectivity index (χ0v) is 13.4. The molecule has 0 aliphatic carbocycles. The monoisotopic (exact) mass is 319 g/mol. The van der Waals surface area contributed by atoms with Crippen LogP contribution in [0.15, 0.2) is 42.9 Å². The number of hydrogen-bond acceptors (Lipinski definition) is 7. The number of nitrogens with zero attached hydrogens (tertiary/aromatic N) is 4. The quantitative estimate of drug-likeness (QED) is 0.625. The van der Waals surface area contributed by atoms with Crippen molar-refractivity contribution < 1.29 is 0 Å². The van der Waals surface area contributed by atoms with Gasteiger partial charge in [-0.25, -0.2) is 9.97 Å². The first-order chi connectivity index (χ1) is 11.7. The zero-order valence-electron chi connectivity index (χ0n) is 13.4. The molecular weight excluding hydrogens is 302 g/mol. The number of aryl methyl sites for hydroxylation is 1. The molecule has 24 heavy (non-hydrogen) atoms. The summed E-state index contributed by atoms with van der Waals surface area (Å²) in [7, 11) is 1.82. The topological polar surface area (TPSA) is 99.5 Å². The number of aromatic nitrogens is 4. The minimum Gasteiger partial charge on any atom is -0.373 e. The van der Waals surface area contributed by atoms with Crippen LogP contribution < -0.4 is 10.6 Å². The first-order valence-electron chi connectivity index (χ1n) is 7.41. The summed E-state index contributed by atoms with van der Waals surface area (Å²) >= 11 is 0. The average molecular weight is 319 g/mol. The Morgan fingerprint density at radius 1 is 1.04 bits per heavy atom. The minimum atomic E-state index is 0.663. The van der Waals surface area contributed by atoms with Crippen molar-refractivity contribution in [3.05, 3.63) is 54.1 Å². The Morgan fingerprint density at radius 3 is 2.62 bits per heavy atom. The van der Waals surface area contributed by atoms with Crippen molar-refractivity contribution in [2.24, 2.45) is 0 Å². The molecule has 0 aliphatic heterocycles. The maximum Gasteiger partial charge on any atom is 0.132 e. The molecule has 0 atom stereocenters. The van der Waals surface area contributed by atoms with E-state index in [1.807, 2.05) is 38.2 Å². The third kappa shape index (κ3) is 3.35. The van der Waals surface area contributed by atoms with Gasteiger partial charge in [-0.05, 0) is 25.1 Å². The fourth-order valence-corrected chi connectivity index (χ4v) is 2.20. The van der Waals surface area contributed by atoms with Crippen LogP contribution in [0, 0.1) is 12.3 Å². The van der Waals surface area contributed by atoms with Crippen LogP contribution in [0.25, 0.3) is 11.4 Å². The SMILES string of the molecule is CNc1cccc(Nc2cc(-c3cncc(C)n3)ncc2C=N)n1. The Morgan fingerprint density at radius 2 is 1.88 bits per heavy atom. The van der Waals surface area contributed by atoms with E-state index >= 15 is 0 Å². The lowest BCUT2D eigenvalue weighted by Gasteiger charge is -2.11. The Kier molecular flexibility index (Phi) is 4.42. The number of anilines is 3. The molecule has 3 rings (SSSR count). The van der Waals surface area contributed by atoms with Crippen LogP contribution in [-0.2, 0) is 0 Å². The Labute approximate surface area is 139 Å². The van der Waals surface area contributed by atoms with Gasteiger partial charge in [0, 0.05) is 31.2 Å². The van der Waals surface area contributed by atoms with Gasteiger partial charge in [-0.3, -0.25) is 9.97 Å². The molecule has 0 unspecified atom stereocenters. The van der Waals surface area contributed by atoms with Gasteiger partial charge < -0.3 is 16.0 Å². The second-order valence-electron chi connectivity index (χ2n) is 5.13. The molecule has 3 aromatic heterocycles. The van der Waals surface area contributed by atoms with Gasteiger partial charge in [-0.15, -0.1) is 0 Å². The number of pyridine rings is 2. The molecule has 120 valence electrons. The highest BCUT2D eigenvalue weighted by Gasteiger charge is 2.08. The molecule has 0 aliphatic rings. The standard InChI is InChI=1S/C17H17N7/c1-11-8-20-10-15(22-11)14-6-13(12(7-18)9-21-14)23-17-5-3-4-16(19-2)24-17/h3-10,18H,1-2H3,(H2,19,21,23,24). The molecule has 0 radical (unpaired) electrons. The normalized spacial score (nSPS) is 10.2. The molecule has 0 saturated heterocycles. The van der Waals surface area contributed by atoms with Crippen molar-refractivity contribution in [1.29, 1.82) is 5.41 Å². The van der Waals surface area contributed by atoms with Crippen LogP contribution in [0.5, 0.6) is 0 Å². The summed E-state index contributed by atoms with van der Waals surface area (Å²) < 4.78 is 0. The molecule has 7 heteroatoms. The maximum atomic E-state index is 7.57. The van der Waals surface area contributed by atoms with Crippen molar-refractivity contribution >= 4 is 23.5 Å². The van der Waals surface area contributed by atoms with E-state index in [4.69, 9.17) is 5.41 Å². The van der Waals surface area contributed by atoms with Gasteiger partial charge in [0.1, 0.15) is 17.3 Å². The van der Waals surface area contributed by atoms with Crippen molar-refractivity contribution in [3.8, 4) is 11.4 Å². The highest BCUT2D eigenvalue weighted by atomic mass is 15.1. The Balaban J connectivity index is 1.99. The number of hydrogen-bond donors (Lipinski definition) is 3. The predicted octanol–water partition coefficient (Wildman–Crippen LogP) is 3.02. The van der Waals surface area contributed by atoms with Crippen LogP contribution >= 0.6 is 0 Å². The lowest BCUT2D eigenvalue weighted by Crippen LogP contribution is -2.01. The summed E-state index contributed by atoms with van der Waals surface area (Å²) in [6, 6.07) is 7.49. The second kappa shape index (κ2) is 6.82. The Hall–Kier alpha value is -3.35. The van der Waals surface area contributed by atoms with Crippen LogP contribution in [0.3, 0.4) is 0 Å². The molecule has 0 aromatic carbocycles. The molecule has 7 nitrogen and oxygen atoms in total. The van der Waals surface area contributed by atoms with Crippen molar-refractivity contribution in [1.82, 2.24) is 19.9 Å². The number of nitrogens with one attached hydrogen (secondary N) is 3.